The molecular weight excluding hydrogens is 1350 g/mol. The monoisotopic (exact) mass is 1450 g/mol. The van der Waals surface area contributed by atoms with Crippen molar-refractivity contribution in [1.29, 1.82) is 0 Å². The summed E-state index contributed by atoms with van der Waals surface area (Å²) < 4.78 is 0. The Bertz CT molecular complexity index is 5310. The quantitative estimate of drug-likeness (QED) is 0.114. The van der Waals surface area contributed by atoms with Gasteiger partial charge in [-0.2, -0.15) is 0 Å². The molecule has 14 aromatic carbocycles. The zero-order valence-electron chi connectivity index (χ0n) is 64.1. The van der Waals surface area contributed by atoms with E-state index >= 15 is 0 Å². The molecule has 0 aliphatic heterocycles. The number of para-hydroxylation sites is 2. The summed E-state index contributed by atoms with van der Waals surface area (Å²) in [5, 5.41) is 0. The normalized spacial score (nSPS) is 17.0. The van der Waals surface area contributed by atoms with Crippen LogP contribution in [0, 0.1) is 0 Å². The topological polar surface area (TPSA) is 13.0 Å². The summed E-state index contributed by atoms with van der Waals surface area (Å²) >= 11 is 0. The van der Waals surface area contributed by atoms with Gasteiger partial charge in [0.25, 0.3) is 0 Å². The van der Waals surface area contributed by atoms with Gasteiger partial charge in [0, 0.05) is 89.9 Å². The summed E-state index contributed by atoms with van der Waals surface area (Å²) in [7, 11) is 0. The fraction of sp³-hybridized carbons (Fsp3) is 0.222. The second kappa shape index (κ2) is 27.1. The van der Waals surface area contributed by atoms with Gasteiger partial charge in [0.05, 0.1) is 0 Å². The van der Waals surface area contributed by atoms with Crippen LogP contribution in [-0.2, 0) is 21.7 Å². The molecule has 0 saturated heterocycles. The molecule has 4 saturated carbocycles. The lowest BCUT2D eigenvalue weighted by molar-refractivity contribution is 0.353. The molecule has 0 atom stereocenters. The minimum absolute atomic E-state index is 0.0361. The Morgan fingerprint density at radius 2 is 0.321 bits per heavy atom. The Kier molecular flexibility index (Phi) is 16.2. The Hall–Kier alpha value is -11.7. The average Bonchev–Trinajstić information content (AvgIpc) is 1.62. The first-order valence-electron chi connectivity index (χ1n) is 42.1. The summed E-state index contributed by atoms with van der Waals surface area (Å²) in [4.78, 5) is 9.99. The first-order valence-corrected chi connectivity index (χ1v) is 42.1. The molecule has 4 nitrogen and oxygen atoms in total. The van der Waals surface area contributed by atoms with Crippen LogP contribution in [0.3, 0.4) is 0 Å². The Labute approximate surface area is 661 Å². The number of rotatable bonds is 13. The van der Waals surface area contributed by atoms with E-state index in [-0.39, 0.29) is 21.7 Å². The maximum absolute atomic E-state index is 2.60. The lowest BCUT2D eigenvalue weighted by Crippen LogP contribution is -2.28. The summed E-state index contributed by atoms with van der Waals surface area (Å²) in [5.41, 5.74) is 39.8. The van der Waals surface area contributed by atoms with E-state index < -0.39 is 0 Å². The molecule has 4 fully saturated rings. The van der Waals surface area contributed by atoms with Gasteiger partial charge in [0.2, 0.25) is 0 Å². The highest BCUT2D eigenvalue weighted by atomic mass is 15.2. The van der Waals surface area contributed by atoms with Crippen LogP contribution in [0.25, 0.3) is 55.6 Å². The van der Waals surface area contributed by atoms with Gasteiger partial charge in [-0.1, -0.05) is 259 Å². The van der Waals surface area contributed by atoms with E-state index in [4.69, 9.17) is 0 Å². The second-order valence-corrected chi connectivity index (χ2v) is 33.8. The van der Waals surface area contributed by atoms with Crippen LogP contribution in [0.2, 0.25) is 0 Å². The van der Waals surface area contributed by atoms with Crippen molar-refractivity contribution in [2.75, 3.05) is 19.6 Å². The summed E-state index contributed by atoms with van der Waals surface area (Å²) in [6.07, 6.45) is 24.9. The maximum atomic E-state index is 2.60. The molecule has 0 bridgehead atoms. The molecule has 0 heterocycles. The largest absolute Gasteiger partial charge is 0.311 e. The molecule has 0 unspecified atom stereocenters. The standard InChI is InChI=1S/C108H94N4/c1-7-27-77(28-8-1)109(81-47-51-83(52-48-81)111(85-55-59-93-89-31-11-15-35-97(89)105(101(93)71-85)63-19-3-20-64-105)86-56-60-94-90-32-12-16-36-98(90)106(102(94)72-86)65-21-4-22-66-106)79-43-39-75(40-44-79)76-41-45-80(46-42-76)110(78-29-9-2-10-30-78)82-49-53-84(54-50-82)112(87-57-61-95-91-33-13-17-37-99(91)107(103(95)73-87)67-23-5-24-68-107)88-58-62-96-92-34-14-18-38-100(92)108(104(96)74-88)69-25-6-26-70-108/h1-2,7-18,27-62,71-74H,3-6,19-26,63-70H2. The molecule has 546 valence electrons. The molecule has 22 rings (SSSR count). The third-order valence-electron chi connectivity index (χ3n) is 28.2. The number of hydrogen-bond donors (Lipinski definition) is 0. The van der Waals surface area contributed by atoms with Gasteiger partial charge in [0.15, 0.2) is 0 Å². The van der Waals surface area contributed by atoms with Crippen molar-refractivity contribution in [3.8, 4) is 55.6 Å². The van der Waals surface area contributed by atoms with Crippen molar-refractivity contribution in [2.45, 2.75) is 150 Å². The van der Waals surface area contributed by atoms with Gasteiger partial charge in [-0.15, -0.1) is 0 Å². The predicted molar refractivity (Wildman–Crippen MR) is 468 cm³/mol. The lowest BCUT2D eigenvalue weighted by Gasteiger charge is -2.37. The average molecular weight is 1450 g/mol. The number of benzene rings is 14. The molecule has 0 N–H and O–H groups in total. The van der Waals surface area contributed by atoms with Crippen molar-refractivity contribution in [3.63, 3.8) is 0 Å². The molecule has 8 aliphatic rings. The number of fused-ring (bicyclic) bond motifs is 20. The third-order valence-corrected chi connectivity index (χ3v) is 28.2. The van der Waals surface area contributed by atoms with Crippen LogP contribution in [-0.4, -0.2) is 0 Å². The number of nitrogens with zero attached hydrogens (tertiary/aromatic N) is 4. The highest BCUT2D eigenvalue weighted by Crippen LogP contribution is 2.63. The van der Waals surface area contributed by atoms with Crippen molar-refractivity contribution >= 4 is 68.2 Å². The van der Waals surface area contributed by atoms with Crippen LogP contribution < -0.4 is 19.6 Å². The fourth-order valence-electron chi connectivity index (χ4n) is 23.2. The van der Waals surface area contributed by atoms with E-state index in [1.165, 1.54) is 251 Å². The minimum atomic E-state index is 0.0361. The zero-order chi connectivity index (χ0) is 74.0. The van der Waals surface area contributed by atoms with Gasteiger partial charge in [-0.05, 0) is 297 Å². The molecule has 0 aromatic heterocycles. The number of anilines is 12. The number of hydrogen-bond acceptors (Lipinski definition) is 4. The maximum Gasteiger partial charge on any atom is 0.0465 e. The van der Waals surface area contributed by atoms with Crippen LogP contribution in [0.15, 0.2) is 328 Å². The Morgan fingerprint density at radius 1 is 0.143 bits per heavy atom. The molecule has 0 amide bonds. The highest BCUT2D eigenvalue weighted by Gasteiger charge is 2.49. The van der Waals surface area contributed by atoms with E-state index in [1.54, 1.807) is 0 Å². The first-order chi connectivity index (χ1) is 55.4. The van der Waals surface area contributed by atoms with E-state index in [1.807, 2.05) is 0 Å². The molecule has 8 aliphatic carbocycles. The van der Waals surface area contributed by atoms with Crippen LogP contribution >= 0.6 is 0 Å². The van der Waals surface area contributed by atoms with Crippen molar-refractivity contribution in [1.82, 2.24) is 0 Å². The van der Waals surface area contributed by atoms with E-state index in [2.05, 4.69) is 347 Å². The van der Waals surface area contributed by atoms with Crippen molar-refractivity contribution in [3.05, 3.63) is 372 Å². The molecule has 4 spiro atoms. The fourth-order valence-corrected chi connectivity index (χ4v) is 23.2. The highest BCUT2D eigenvalue weighted by molar-refractivity contribution is 5.93. The Morgan fingerprint density at radius 3 is 0.562 bits per heavy atom. The van der Waals surface area contributed by atoms with E-state index in [0.29, 0.717) is 0 Å². The van der Waals surface area contributed by atoms with Gasteiger partial charge in [-0.25, -0.2) is 0 Å². The van der Waals surface area contributed by atoms with E-state index in [9.17, 15) is 0 Å². The van der Waals surface area contributed by atoms with Crippen LogP contribution in [0.4, 0.5) is 68.2 Å². The summed E-state index contributed by atoms with van der Waals surface area (Å²) in [5.74, 6) is 0. The molecule has 4 heteroatoms. The lowest BCUT2D eigenvalue weighted by atomic mass is 9.67. The summed E-state index contributed by atoms with van der Waals surface area (Å²) in [6, 6.07) is 126. The predicted octanol–water partition coefficient (Wildman–Crippen LogP) is 30.2. The van der Waals surface area contributed by atoms with Crippen molar-refractivity contribution in [2.24, 2.45) is 0 Å². The second-order valence-electron chi connectivity index (χ2n) is 33.8. The Balaban J connectivity index is 0.592. The smallest absolute Gasteiger partial charge is 0.0465 e. The molecular formula is C108H94N4. The summed E-state index contributed by atoms with van der Waals surface area (Å²) in [6.45, 7) is 0. The van der Waals surface area contributed by atoms with Gasteiger partial charge in [0.1, 0.15) is 0 Å². The van der Waals surface area contributed by atoms with Crippen molar-refractivity contribution < 1.29 is 0 Å². The first kappa shape index (κ1) is 67.2. The zero-order valence-corrected chi connectivity index (χ0v) is 64.1. The molecule has 14 aromatic rings. The third kappa shape index (κ3) is 10.6. The van der Waals surface area contributed by atoms with Gasteiger partial charge < -0.3 is 19.6 Å². The van der Waals surface area contributed by atoms with E-state index in [0.717, 1.165) is 45.5 Å². The van der Waals surface area contributed by atoms with Gasteiger partial charge in [-0.3, -0.25) is 0 Å². The van der Waals surface area contributed by atoms with Crippen LogP contribution in [0.1, 0.15) is 173 Å². The molecule has 112 heavy (non-hydrogen) atoms. The SMILES string of the molecule is c1ccc(N(c2ccc(-c3ccc(N(c4ccccc4)c4ccc(N(c5ccc6c(c5)C5(CCCCC5)c5ccccc5-6)c5ccc6c(c5)C5(CCCCC5)c5ccccc5-6)cc4)cc3)cc2)c2ccc(N(c3ccc4c(c3)C3(CCCCC3)c3ccccc3-4)c3ccc4c(c3)C3(CCCCC3)c3ccccc3-4)cc2)cc1. The minimum Gasteiger partial charge on any atom is -0.311 e. The van der Waals surface area contributed by atoms with Crippen LogP contribution in [0.5, 0.6) is 0 Å². The van der Waals surface area contributed by atoms with Gasteiger partial charge >= 0.3 is 0 Å². The molecule has 0 radical (unpaired) electrons.